The topological polar surface area (TPSA) is 279 Å². The van der Waals surface area contributed by atoms with Gasteiger partial charge in [-0.2, -0.15) is 5.10 Å². The van der Waals surface area contributed by atoms with Crippen LogP contribution < -0.4 is 20.5 Å². The highest BCUT2D eigenvalue weighted by Gasteiger charge is 2.50. The van der Waals surface area contributed by atoms with Gasteiger partial charge >= 0.3 is 17.7 Å². The number of methoxy groups -OCH3 is 1. The molecule has 4 aromatic rings. The van der Waals surface area contributed by atoms with Crippen LogP contribution in [0.1, 0.15) is 116 Å². The average Bonchev–Trinajstić information content (AvgIpc) is 4.21. The zero-order chi connectivity index (χ0) is 56.3. The molecule has 2 aromatic carbocycles. The number of nitrogens with one attached hydrogen (secondary N) is 1. The van der Waals surface area contributed by atoms with Crippen LogP contribution in [-0.2, 0) is 23.8 Å². The average molecular weight is 1080 g/mol. The molecule has 9 rings (SSSR count). The lowest BCUT2D eigenvalue weighted by Gasteiger charge is -2.38. The third-order valence-electron chi connectivity index (χ3n) is 15.9. The monoisotopic (exact) mass is 1080 g/mol. The lowest BCUT2D eigenvalue weighted by atomic mass is 9.78. The van der Waals surface area contributed by atoms with Crippen molar-refractivity contribution in [3.8, 4) is 23.0 Å². The number of benzene rings is 2. The summed E-state index contributed by atoms with van der Waals surface area (Å²) in [6.07, 6.45) is 8.05. The molecule has 9 atom stereocenters. The molecular formula is C57H70FN5O15. The van der Waals surface area contributed by atoms with Gasteiger partial charge in [-0.3, -0.25) is 33.3 Å². The van der Waals surface area contributed by atoms with E-state index >= 15 is 0 Å². The van der Waals surface area contributed by atoms with Gasteiger partial charge in [0.05, 0.1) is 71.6 Å². The highest BCUT2D eigenvalue weighted by Crippen LogP contribution is 2.55. The van der Waals surface area contributed by atoms with Crippen molar-refractivity contribution in [3.63, 3.8) is 0 Å². The SMILES string of the molecule is CO[C@H]1/C=C/O[C@@]2(C)Oc3c(C)c(O)c4c(O)c(c(/C=N/N5CCN(c6c(C)cn7c(=O)c(C(=O)O)cc(C8CC8)c7c6C)CC5)c(O)c4c3C2=O)NC(=O)/C(C)=C\C=C\[C@H](C)[C@H](O)[C@@H](C)[C@@H](O)[C@@H](C)[C@H](OC(C)=O)[C@@H]1C.F. The molecule has 5 aliphatic rings. The molecule has 420 valence electrons. The van der Waals surface area contributed by atoms with E-state index in [0.717, 1.165) is 35.2 Å². The van der Waals surface area contributed by atoms with Gasteiger partial charge in [0, 0.05) is 86.1 Å². The van der Waals surface area contributed by atoms with Crippen molar-refractivity contribution in [1.29, 1.82) is 0 Å². The summed E-state index contributed by atoms with van der Waals surface area (Å²) in [6, 6.07) is 1.51. The molecule has 4 aliphatic heterocycles. The van der Waals surface area contributed by atoms with Gasteiger partial charge in [0.2, 0.25) is 0 Å². The summed E-state index contributed by atoms with van der Waals surface area (Å²) in [4.78, 5) is 68.9. The number of aromatic nitrogens is 1. The number of carbonyl (C=O) groups is 4. The number of carboxylic acids is 1. The van der Waals surface area contributed by atoms with Gasteiger partial charge < -0.3 is 59.8 Å². The summed E-state index contributed by atoms with van der Waals surface area (Å²) >= 11 is 0. The number of aryl methyl sites for hydroxylation is 2. The van der Waals surface area contributed by atoms with Crippen molar-refractivity contribution < 1.29 is 73.5 Å². The number of rotatable bonds is 7. The van der Waals surface area contributed by atoms with Gasteiger partial charge in [-0.15, -0.1) is 0 Å². The Kier molecular flexibility index (Phi) is 16.8. The summed E-state index contributed by atoms with van der Waals surface area (Å²) in [5, 5.41) is 77.9. The Morgan fingerprint density at radius 1 is 0.885 bits per heavy atom. The normalized spacial score (nSPS) is 27.7. The smallest absolute Gasteiger partial charge is 0.341 e. The number of carbonyl (C=O) groups excluding carboxylic acids is 3. The van der Waals surface area contributed by atoms with E-state index in [1.54, 1.807) is 51.1 Å². The van der Waals surface area contributed by atoms with Gasteiger partial charge in [0.15, 0.2) is 5.75 Å². The minimum Gasteiger partial charge on any atom is -0.507 e. The van der Waals surface area contributed by atoms with Crippen LogP contribution in [0.5, 0.6) is 23.0 Å². The molecule has 0 unspecified atom stereocenters. The highest BCUT2D eigenvalue weighted by molar-refractivity contribution is 6.24. The molecule has 20 nitrogen and oxygen atoms in total. The van der Waals surface area contributed by atoms with Crippen molar-refractivity contribution in [2.75, 3.05) is 43.5 Å². The molecule has 78 heavy (non-hydrogen) atoms. The van der Waals surface area contributed by atoms with Crippen molar-refractivity contribution in [3.05, 3.63) is 97.7 Å². The number of halogens is 1. The zero-order valence-electron chi connectivity index (χ0n) is 45.6. The van der Waals surface area contributed by atoms with Crippen molar-refractivity contribution in [2.24, 2.45) is 28.8 Å². The fraction of sp³-hybridized carbons (Fsp3) is 0.474. The Balaban J connectivity index is 0.00000882. The number of aromatic hydroxyl groups is 3. The number of Topliss-reactive ketones (excluding diaryl/α,β-unsaturated/α-hetero) is 1. The number of phenolic OH excluding ortho intramolecular Hbond substituents is 3. The van der Waals surface area contributed by atoms with Gasteiger partial charge in [-0.05, 0) is 75.3 Å². The summed E-state index contributed by atoms with van der Waals surface area (Å²) in [5.74, 6) is -10.1. The fourth-order valence-electron chi connectivity index (χ4n) is 11.2. The molecule has 0 spiro atoms. The van der Waals surface area contributed by atoms with Gasteiger partial charge in [0.25, 0.3) is 17.2 Å². The number of amides is 1. The second kappa shape index (κ2) is 22.5. The molecule has 0 radical (unpaired) electrons. The molecule has 1 saturated carbocycles. The largest absolute Gasteiger partial charge is 0.507 e. The number of aliphatic hydroxyl groups is 2. The Morgan fingerprint density at radius 3 is 2.17 bits per heavy atom. The minimum absolute atomic E-state index is 0. The van der Waals surface area contributed by atoms with Crippen LogP contribution in [0.3, 0.4) is 0 Å². The number of aromatic carboxylic acids is 1. The van der Waals surface area contributed by atoms with E-state index in [2.05, 4.69) is 10.2 Å². The van der Waals surface area contributed by atoms with E-state index in [-0.39, 0.29) is 60.7 Å². The Morgan fingerprint density at radius 2 is 1.55 bits per heavy atom. The number of ether oxygens (including phenoxy) is 4. The van der Waals surface area contributed by atoms with Crippen molar-refractivity contribution in [1.82, 2.24) is 9.41 Å². The van der Waals surface area contributed by atoms with Crippen LogP contribution >= 0.6 is 0 Å². The van der Waals surface area contributed by atoms with Crippen LogP contribution in [0, 0.1) is 44.4 Å². The standard InChI is InChI=1S/C57H69N5O15.FH/c1-26-13-12-14-27(2)54(70)59-43-38(24-58-61-20-18-60(19-21-61)44-28(3)25-62-45(30(44)5)36(35-15-16-35)23-37(55(62)71)56(72)73)49(67)40-41(50(43)68)48(66)33(8)52-42(40)53(69)57(10,77-52)75-22-17-39(74-11)29(4)51(76-34(9)63)32(7)47(65)31(6)46(26)64;/h12-14,17,22-26,29,31-32,35,39,46-47,51,64-68H,15-16,18-21H2,1-11H3,(H,59,70)(H,72,73);1H/b13-12+,22-17+,27-14-,58-24+;/t26-,29+,31+,32+,39-,46-,47+,51+,57-;/m0./s1. The maximum absolute atomic E-state index is 14.7. The number of pyridine rings is 2. The van der Waals surface area contributed by atoms with Crippen LogP contribution in [0.15, 0.2) is 58.3 Å². The molecule has 6 heterocycles. The molecule has 1 amide bonds. The quantitative estimate of drug-likeness (QED) is 0.0430. The molecule has 21 heteroatoms. The number of hydrazone groups is 1. The van der Waals surface area contributed by atoms with E-state index in [4.69, 9.17) is 24.0 Å². The first-order chi connectivity index (χ1) is 36.3. The van der Waals surface area contributed by atoms with E-state index in [1.165, 1.54) is 69.9 Å². The number of allylic oxidation sites excluding steroid dienone is 2. The number of phenols is 3. The second-order valence-electron chi connectivity index (χ2n) is 21.2. The number of piperazine rings is 1. The maximum Gasteiger partial charge on any atom is 0.341 e. The number of carboxylic acid groups (broad SMARTS) is 1. The minimum atomic E-state index is -2.11. The number of hydrogen-bond donors (Lipinski definition) is 7. The number of anilines is 2. The summed E-state index contributed by atoms with van der Waals surface area (Å²) in [7, 11) is 1.42. The van der Waals surface area contributed by atoms with E-state index in [1.807, 2.05) is 13.8 Å². The number of nitrogens with zero attached hydrogens (tertiary/aromatic N) is 4. The molecular weight excluding hydrogens is 1010 g/mol. The highest BCUT2D eigenvalue weighted by atomic mass is 19.0. The number of fused-ring (bicyclic) bond motifs is 15. The maximum atomic E-state index is 14.7. The Hall–Kier alpha value is -7.49. The first kappa shape index (κ1) is 58.2. The lowest BCUT2D eigenvalue weighted by Crippen LogP contribution is -2.46. The van der Waals surface area contributed by atoms with Crippen LogP contribution in [0.25, 0.3) is 16.3 Å². The first-order valence-electron chi connectivity index (χ1n) is 25.9. The Bertz CT molecular complexity index is 3270. The van der Waals surface area contributed by atoms with E-state index < -0.39 is 100 Å². The van der Waals surface area contributed by atoms with Crippen LogP contribution in [0.2, 0.25) is 0 Å². The van der Waals surface area contributed by atoms with Crippen molar-refractivity contribution >= 4 is 57.5 Å². The van der Waals surface area contributed by atoms with E-state index in [9.17, 15) is 54.6 Å². The number of ketones is 1. The summed E-state index contributed by atoms with van der Waals surface area (Å²) in [5.41, 5.74) is 2.53. The third kappa shape index (κ3) is 10.5. The number of hydrogen-bond acceptors (Lipinski definition) is 17. The molecule has 2 fully saturated rings. The first-order valence-corrected chi connectivity index (χ1v) is 25.9. The lowest BCUT2D eigenvalue weighted by molar-refractivity contribution is -0.160. The fourth-order valence-corrected chi connectivity index (χ4v) is 11.2. The third-order valence-corrected chi connectivity index (χ3v) is 15.9. The van der Waals surface area contributed by atoms with Crippen LogP contribution in [-0.4, -0.2) is 133 Å². The van der Waals surface area contributed by atoms with Crippen molar-refractivity contribution in [2.45, 2.75) is 118 Å². The molecule has 5 bridgehead atoms. The predicted molar refractivity (Wildman–Crippen MR) is 290 cm³/mol. The van der Waals surface area contributed by atoms with Gasteiger partial charge in [-0.1, -0.05) is 45.9 Å². The number of esters is 1. The van der Waals surface area contributed by atoms with Crippen LogP contribution in [0.4, 0.5) is 16.1 Å². The predicted octanol–water partition coefficient (Wildman–Crippen LogP) is 6.87. The number of aliphatic hydroxyl groups excluding tert-OH is 2. The Labute approximate surface area is 450 Å². The van der Waals surface area contributed by atoms with Gasteiger partial charge in [-0.25, -0.2) is 4.79 Å². The molecule has 1 saturated heterocycles. The summed E-state index contributed by atoms with van der Waals surface area (Å²) in [6.45, 7) is 17.8. The summed E-state index contributed by atoms with van der Waals surface area (Å²) < 4.78 is 25.3. The van der Waals surface area contributed by atoms with E-state index in [0.29, 0.717) is 31.7 Å². The molecule has 2 aromatic heterocycles. The molecule has 1 aliphatic carbocycles. The second-order valence-corrected chi connectivity index (χ2v) is 21.2. The van der Waals surface area contributed by atoms with Gasteiger partial charge in [0.1, 0.15) is 28.9 Å². The molecule has 7 N–H and O–H groups in total. The zero-order valence-corrected chi connectivity index (χ0v) is 45.6.